The Hall–Kier alpha value is -1.15. The highest BCUT2D eigenvalue weighted by Crippen LogP contribution is 2.21. The van der Waals surface area contributed by atoms with Crippen LogP contribution in [0.15, 0.2) is 6.20 Å². The lowest BCUT2D eigenvalue weighted by Crippen LogP contribution is -2.30. The molecule has 1 aromatic heterocycles. The molecule has 1 atom stereocenters. The molecule has 104 valence electrons. The van der Waals surface area contributed by atoms with E-state index < -0.39 is 18.6 Å². The molecule has 0 aliphatic carbocycles. The van der Waals surface area contributed by atoms with Gasteiger partial charge in [-0.05, 0) is 13.3 Å². The van der Waals surface area contributed by atoms with Crippen LogP contribution < -0.4 is 5.32 Å². The maximum atomic E-state index is 12.1. The molecule has 0 spiro atoms. The van der Waals surface area contributed by atoms with Crippen molar-refractivity contribution >= 4 is 0 Å². The van der Waals surface area contributed by atoms with Crippen LogP contribution in [0.4, 0.5) is 13.2 Å². The second kappa shape index (κ2) is 6.69. The smallest absolute Gasteiger partial charge is 0.390 e. The van der Waals surface area contributed by atoms with E-state index in [9.17, 15) is 13.2 Å². The Morgan fingerprint density at radius 2 is 2.22 bits per heavy atom. The molecular weight excluding hydrogens is 249 g/mol. The quantitative estimate of drug-likeness (QED) is 0.775. The van der Waals surface area contributed by atoms with Gasteiger partial charge in [0.05, 0.1) is 12.1 Å². The van der Waals surface area contributed by atoms with Gasteiger partial charge in [-0.25, -0.2) is 0 Å². The maximum Gasteiger partial charge on any atom is 0.390 e. The summed E-state index contributed by atoms with van der Waals surface area (Å²) in [5, 5.41) is 19.0. The van der Waals surface area contributed by atoms with Gasteiger partial charge in [-0.2, -0.15) is 13.2 Å². The zero-order valence-electron chi connectivity index (χ0n) is 10.1. The predicted octanol–water partition coefficient (Wildman–Crippen LogP) is 1.09. The molecule has 18 heavy (non-hydrogen) atoms. The van der Waals surface area contributed by atoms with E-state index in [-0.39, 0.29) is 13.2 Å². The molecule has 1 unspecified atom stereocenters. The minimum absolute atomic E-state index is 0.0655. The largest absolute Gasteiger partial charge is 0.396 e. The first kappa shape index (κ1) is 14.9. The average Bonchev–Trinajstić information content (AvgIpc) is 2.69. The van der Waals surface area contributed by atoms with Crippen LogP contribution in [0.25, 0.3) is 0 Å². The van der Waals surface area contributed by atoms with Gasteiger partial charge in [0, 0.05) is 31.9 Å². The van der Waals surface area contributed by atoms with E-state index in [1.807, 2.05) is 0 Å². The fourth-order valence-electron chi connectivity index (χ4n) is 1.46. The molecule has 0 radical (unpaired) electrons. The van der Waals surface area contributed by atoms with Gasteiger partial charge in [0.25, 0.3) is 0 Å². The Morgan fingerprint density at radius 3 is 2.83 bits per heavy atom. The Labute approximate surface area is 103 Å². The lowest BCUT2D eigenvalue weighted by Gasteiger charge is -2.14. The highest BCUT2D eigenvalue weighted by atomic mass is 19.4. The number of aliphatic hydroxyl groups is 1. The van der Waals surface area contributed by atoms with E-state index in [0.717, 1.165) is 0 Å². The van der Waals surface area contributed by atoms with E-state index in [0.29, 0.717) is 18.7 Å². The van der Waals surface area contributed by atoms with Crippen LogP contribution >= 0.6 is 0 Å². The third kappa shape index (κ3) is 5.97. The monoisotopic (exact) mass is 266 g/mol. The molecule has 0 aliphatic rings. The third-order valence-electron chi connectivity index (χ3n) is 2.30. The minimum atomic E-state index is -4.16. The first-order chi connectivity index (χ1) is 8.40. The lowest BCUT2D eigenvalue weighted by atomic mass is 10.2. The Bertz CT molecular complexity index is 353. The fraction of sp³-hybridized carbons (Fsp3) is 0.800. The number of hydrogen-bond acceptors (Lipinski definition) is 4. The van der Waals surface area contributed by atoms with E-state index in [2.05, 4.69) is 15.6 Å². The minimum Gasteiger partial charge on any atom is -0.396 e. The van der Waals surface area contributed by atoms with Crippen LogP contribution in [0.3, 0.4) is 0 Å². The molecule has 8 heteroatoms. The van der Waals surface area contributed by atoms with Gasteiger partial charge >= 0.3 is 6.18 Å². The number of nitrogens with zero attached hydrogens (tertiary/aromatic N) is 3. The normalized spacial score (nSPS) is 13.8. The van der Waals surface area contributed by atoms with E-state index in [4.69, 9.17) is 5.11 Å². The molecule has 1 aromatic rings. The number of hydrogen-bond donors (Lipinski definition) is 2. The first-order valence-electron chi connectivity index (χ1n) is 5.70. The van der Waals surface area contributed by atoms with Crippen molar-refractivity contribution in [3.63, 3.8) is 0 Å². The van der Waals surface area contributed by atoms with Gasteiger partial charge in [0.1, 0.15) is 0 Å². The standard InChI is InChI=1S/C10H17F3N4O/c1-8(5-10(11,12)13)14-6-9-7-17(16-15-9)3-2-4-18/h7-8,14,18H,2-6H2,1H3. The van der Waals surface area contributed by atoms with Crippen LogP contribution in [-0.4, -0.2) is 38.9 Å². The van der Waals surface area contributed by atoms with Crippen molar-refractivity contribution in [2.45, 2.75) is 45.1 Å². The van der Waals surface area contributed by atoms with Crippen molar-refractivity contribution in [3.8, 4) is 0 Å². The molecule has 0 fully saturated rings. The summed E-state index contributed by atoms with van der Waals surface area (Å²) in [6.45, 7) is 2.33. The fourth-order valence-corrected chi connectivity index (χ4v) is 1.46. The van der Waals surface area contributed by atoms with Crippen LogP contribution in [0.5, 0.6) is 0 Å². The second-order valence-corrected chi connectivity index (χ2v) is 4.15. The van der Waals surface area contributed by atoms with Gasteiger partial charge in [-0.1, -0.05) is 5.21 Å². The third-order valence-corrected chi connectivity index (χ3v) is 2.30. The summed E-state index contributed by atoms with van der Waals surface area (Å²) < 4.78 is 37.8. The summed E-state index contributed by atoms with van der Waals surface area (Å²) in [6.07, 6.45) is -2.81. The maximum absolute atomic E-state index is 12.1. The molecule has 1 rings (SSSR count). The van der Waals surface area contributed by atoms with Crippen LogP contribution in [0.1, 0.15) is 25.5 Å². The summed E-state index contributed by atoms with van der Waals surface area (Å²) in [4.78, 5) is 0. The molecule has 0 aliphatic heterocycles. The Morgan fingerprint density at radius 1 is 1.50 bits per heavy atom. The highest BCUT2D eigenvalue weighted by molar-refractivity contribution is 4.92. The number of aryl methyl sites for hydroxylation is 1. The number of halogens is 3. The summed E-state index contributed by atoms with van der Waals surface area (Å²) >= 11 is 0. The molecule has 0 amide bonds. The second-order valence-electron chi connectivity index (χ2n) is 4.15. The number of rotatable bonds is 7. The Balaban J connectivity index is 2.32. The first-order valence-corrected chi connectivity index (χ1v) is 5.70. The topological polar surface area (TPSA) is 63.0 Å². The zero-order valence-corrected chi connectivity index (χ0v) is 10.1. The number of aliphatic hydroxyl groups excluding tert-OH is 1. The van der Waals surface area contributed by atoms with Crippen molar-refractivity contribution in [2.75, 3.05) is 6.61 Å². The summed E-state index contributed by atoms with van der Waals surface area (Å²) in [6, 6.07) is -0.660. The molecule has 0 saturated carbocycles. The SMILES string of the molecule is CC(CC(F)(F)F)NCc1cn(CCCO)nn1. The van der Waals surface area contributed by atoms with Crippen molar-refractivity contribution in [3.05, 3.63) is 11.9 Å². The summed E-state index contributed by atoms with van der Waals surface area (Å²) in [5.41, 5.74) is 0.585. The van der Waals surface area contributed by atoms with Crippen LogP contribution in [0.2, 0.25) is 0 Å². The van der Waals surface area contributed by atoms with Crippen molar-refractivity contribution < 1.29 is 18.3 Å². The molecule has 0 saturated heterocycles. The van der Waals surface area contributed by atoms with Gasteiger partial charge in [-0.15, -0.1) is 5.10 Å². The van der Waals surface area contributed by atoms with E-state index in [1.165, 1.54) is 6.92 Å². The van der Waals surface area contributed by atoms with Gasteiger partial charge in [-0.3, -0.25) is 4.68 Å². The zero-order chi connectivity index (χ0) is 13.6. The number of aromatic nitrogens is 3. The summed E-state index contributed by atoms with van der Waals surface area (Å²) in [7, 11) is 0. The van der Waals surface area contributed by atoms with Crippen LogP contribution in [-0.2, 0) is 13.1 Å². The lowest BCUT2D eigenvalue weighted by molar-refractivity contribution is -0.139. The van der Waals surface area contributed by atoms with Gasteiger partial charge in [0.2, 0.25) is 0 Å². The van der Waals surface area contributed by atoms with Gasteiger partial charge < -0.3 is 10.4 Å². The average molecular weight is 266 g/mol. The van der Waals surface area contributed by atoms with Crippen LogP contribution in [0, 0.1) is 0 Å². The molecule has 2 N–H and O–H groups in total. The molecule has 0 bridgehead atoms. The van der Waals surface area contributed by atoms with Gasteiger partial charge in [0.15, 0.2) is 0 Å². The van der Waals surface area contributed by atoms with Crippen molar-refractivity contribution in [2.24, 2.45) is 0 Å². The summed E-state index contributed by atoms with van der Waals surface area (Å²) in [5.74, 6) is 0. The molecular formula is C10H17F3N4O. The highest BCUT2D eigenvalue weighted by Gasteiger charge is 2.29. The predicted molar refractivity (Wildman–Crippen MR) is 58.7 cm³/mol. The van der Waals surface area contributed by atoms with E-state index >= 15 is 0 Å². The number of nitrogens with one attached hydrogen (secondary N) is 1. The van der Waals surface area contributed by atoms with E-state index in [1.54, 1.807) is 10.9 Å². The molecule has 5 nitrogen and oxygen atoms in total. The molecule has 1 heterocycles. The van der Waals surface area contributed by atoms with Crippen molar-refractivity contribution in [1.29, 1.82) is 0 Å². The van der Waals surface area contributed by atoms with Crippen molar-refractivity contribution in [1.82, 2.24) is 20.3 Å². The number of alkyl halides is 3. The molecule has 0 aromatic carbocycles. The Kier molecular flexibility index (Phi) is 5.54.